The van der Waals surface area contributed by atoms with E-state index in [2.05, 4.69) is 222 Å². The van der Waals surface area contributed by atoms with Gasteiger partial charge in [0.1, 0.15) is 0 Å². The summed E-state index contributed by atoms with van der Waals surface area (Å²) in [6.45, 7) is 0. The quantitative estimate of drug-likeness (QED) is 0.170. The molecule has 2 heteroatoms. The number of hydrogen-bond acceptors (Lipinski definition) is 1. The van der Waals surface area contributed by atoms with Crippen molar-refractivity contribution >= 4 is 65.5 Å². The Morgan fingerprint density at radius 3 is 1.41 bits per heavy atom. The van der Waals surface area contributed by atoms with E-state index in [0.29, 0.717) is 0 Å². The molecule has 0 spiro atoms. The Labute approximate surface area is 325 Å². The second-order valence-electron chi connectivity index (χ2n) is 14.6. The molecule has 0 unspecified atom stereocenters. The van der Waals surface area contributed by atoms with Crippen molar-refractivity contribution in [3.8, 4) is 39.1 Å². The minimum absolute atomic E-state index is 1.06. The van der Waals surface area contributed by atoms with E-state index in [1.807, 2.05) is 0 Å². The average Bonchev–Trinajstić information content (AvgIpc) is 3.61. The van der Waals surface area contributed by atoms with Gasteiger partial charge in [0.05, 0.1) is 16.7 Å². The minimum Gasteiger partial charge on any atom is -0.354 e. The van der Waals surface area contributed by atoms with Gasteiger partial charge in [0, 0.05) is 27.7 Å². The van der Waals surface area contributed by atoms with Crippen LogP contribution < -0.4 is 5.32 Å². The number of hydrogen-bond donors (Lipinski definition) is 1. The lowest BCUT2D eigenvalue weighted by Crippen LogP contribution is -1.96. The first-order chi connectivity index (χ1) is 27.8. The number of rotatable bonds is 6. The van der Waals surface area contributed by atoms with Crippen LogP contribution in [0.2, 0.25) is 0 Å². The highest BCUT2D eigenvalue weighted by molar-refractivity contribution is 6.26. The van der Waals surface area contributed by atoms with Gasteiger partial charge in [0.25, 0.3) is 0 Å². The Morgan fingerprint density at radius 2 is 0.786 bits per heavy atom. The fraction of sp³-hybridized carbons (Fsp3) is 0. The highest BCUT2D eigenvalue weighted by atomic mass is 15.0. The van der Waals surface area contributed by atoms with Crippen LogP contribution in [0.5, 0.6) is 0 Å². The van der Waals surface area contributed by atoms with Gasteiger partial charge < -0.3 is 9.88 Å². The standard InChI is InChI=1S/C54H36N2/c1-4-14-38(15-5-1)43-32-33-51-53(54(43)55-41-16-6-2-7-17-41)49-31-29-40(35-52(49)56(51)42-18-8-3-9-19-42)37-26-24-36(25-27-37)39-28-30-48-46-22-11-10-20-44(46)45-21-12-13-23-47(45)50(48)34-39/h1-35,55H. The third-order valence-electron chi connectivity index (χ3n) is 11.4. The zero-order valence-electron chi connectivity index (χ0n) is 30.7. The molecular weight excluding hydrogens is 677 g/mol. The van der Waals surface area contributed by atoms with E-state index in [1.54, 1.807) is 0 Å². The van der Waals surface area contributed by atoms with E-state index >= 15 is 0 Å². The number of fused-ring (bicyclic) bond motifs is 9. The molecule has 10 aromatic carbocycles. The fourth-order valence-corrected chi connectivity index (χ4v) is 8.74. The van der Waals surface area contributed by atoms with Gasteiger partial charge in [-0.3, -0.25) is 0 Å². The van der Waals surface area contributed by atoms with Crippen molar-refractivity contribution in [1.82, 2.24) is 4.57 Å². The zero-order chi connectivity index (χ0) is 37.0. The summed E-state index contributed by atoms with van der Waals surface area (Å²) in [6, 6.07) is 77.0. The number of anilines is 2. The molecule has 1 heterocycles. The van der Waals surface area contributed by atoms with E-state index in [1.165, 1.54) is 82.0 Å². The monoisotopic (exact) mass is 712 g/mol. The largest absolute Gasteiger partial charge is 0.354 e. The second-order valence-corrected chi connectivity index (χ2v) is 14.6. The summed E-state index contributed by atoms with van der Waals surface area (Å²) >= 11 is 0. The summed E-state index contributed by atoms with van der Waals surface area (Å²) in [5.74, 6) is 0. The number of nitrogens with zero attached hydrogens (tertiary/aromatic N) is 1. The lowest BCUT2D eigenvalue weighted by molar-refractivity contribution is 1.18. The Morgan fingerprint density at radius 1 is 0.304 bits per heavy atom. The minimum atomic E-state index is 1.06. The van der Waals surface area contributed by atoms with Crippen molar-refractivity contribution in [2.24, 2.45) is 0 Å². The molecule has 2 nitrogen and oxygen atoms in total. The molecular formula is C54H36N2. The number of para-hydroxylation sites is 2. The SMILES string of the molecule is c1ccc(Nc2c(-c3ccccc3)ccc3c2c2ccc(-c4ccc(-c5ccc6c7ccccc7c7ccccc7c6c5)cc4)cc2n3-c2ccccc2)cc1. The van der Waals surface area contributed by atoms with Crippen LogP contribution in [0.4, 0.5) is 11.4 Å². The molecule has 0 aliphatic carbocycles. The van der Waals surface area contributed by atoms with E-state index in [0.717, 1.165) is 22.6 Å². The highest BCUT2D eigenvalue weighted by Crippen LogP contribution is 2.44. The Bertz CT molecular complexity index is 3200. The number of benzene rings is 10. The van der Waals surface area contributed by atoms with Crippen LogP contribution in [-0.4, -0.2) is 4.57 Å². The predicted octanol–water partition coefficient (Wildman–Crippen LogP) is 15.0. The molecule has 0 saturated carbocycles. The molecule has 11 aromatic rings. The maximum atomic E-state index is 3.86. The first kappa shape index (κ1) is 32.0. The van der Waals surface area contributed by atoms with Crippen molar-refractivity contribution in [3.05, 3.63) is 212 Å². The highest BCUT2D eigenvalue weighted by Gasteiger charge is 2.20. The molecule has 0 saturated heterocycles. The Hall–Kier alpha value is -7.42. The van der Waals surface area contributed by atoms with E-state index in [-0.39, 0.29) is 0 Å². The lowest BCUT2D eigenvalue weighted by Gasteiger charge is -2.15. The van der Waals surface area contributed by atoms with Gasteiger partial charge in [-0.15, -0.1) is 0 Å². The van der Waals surface area contributed by atoms with Crippen molar-refractivity contribution in [2.45, 2.75) is 0 Å². The fourth-order valence-electron chi connectivity index (χ4n) is 8.74. The summed E-state index contributed by atoms with van der Waals surface area (Å²) in [4.78, 5) is 0. The predicted molar refractivity (Wildman–Crippen MR) is 239 cm³/mol. The first-order valence-corrected chi connectivity index (χ1v) is 19.3. The van der Waals surface area contributed by atoms with Crippen molar-refractivity contribution in [1.29, 1.82) is 0 Å². The Kier molecular flexibility index (Phi) is 7.53. The maximum absolute atomic E-state index is 3.86. The lowest BCUT2D eigenvalue weighted by atomic mass is 9.92. The van der Waals surface area contributed by atoms with Gasteiger partial charge >= 0.3 is 0 Å². The van der Waals surface area contributed by atoms with Crippen molar-refractivity contribution in [3.63, 3.8) is 0 Å². The van der Waals surface area contributed by atoms with Crippen molar-refractivity contribution in [2.75, 3.05) is 5.32 Å². The molecule has 1 aromatic heterocycles. The van der Waals surface area contributed by atoms with E-state index in [9.17, 15) is 0 Å². The molecule has 1 N–H and O–H groups in total. The smallest absolute Gasteiger partial charge is 0.0565 e. The van der Waals surface area contributed by atoms with Crippen LogP contribution >= 0.6 is 0 Å². The summed E-state index contributed by atoms with van der Waals surface area (Å²) in [6.07, 6.45) is 0. The van der Waals surface area contributed by atoms with Crippen LogP contribution in [0.15, 0.2) is 212 Å². The summed E-state index contributed by atoms with van der Waals surface area (Å²) in [5.41, 5.74) is 12.8. The van der Waals surface area contributed by atoms with Gasteiger partial charge in [-0.1, -0.05) is 170 Å². The molecule has 0 aliphatic rings. The van der Waals surface area contributed by atoms with Crippen LogP contribution in [0.3, 0.4) is 0 Å². The third-order valence-corrected chi connectivity index (χ3v) is 11.4. The molecule has 0 atom stereocenters. The van der Waals surface area contributed by atoms with Crippen molar-refractivity contribution < 1.29 is 0 Å². The van der Waals surface area contributed by atoms with Crippen LogP contribution in [0.25, 0.3) is 93.2 Å². The van der Waals surface area contributed by atoms with Gasteiger partial charge in [0.2, 0.25) is 0 Å². The third kappa shape index (κ3) is 5.26. The molecule has 0 amide bonds. The summed E-state index contributed by atoms with van der Waals surface area (Å²) in [5, 5.41) is 14.0. The van der Waals surface area contributed by atoms with Crippen LogP contribution in [0, 0.1) is 0 Å². The van der Waals surface area contributed by atoms with Crippen LogP contribution in [-0.2, 0) is 0 Å². The first-order valence-electron chi connectivity index (χ1n) is 19.3. The van der Waals surface area contributed by atoms with Crippen LogP contribution in [0.1, 0.15) is 0 Å². The van der Waals surface area contributed by atoms with E-state index in [4.69, 9.17) is 0 Å². The molecule has 11 rings (SSSR count). The summed E-state index contributed by atoms with van der Waals surface area (Å²) < 4.78 is 2.41. The molecule has 56 heavy (non-hydrogen) atoms. The van der Waals surface area contributed by atoms with Gasteiger partial charge in [-0.2, -0.15) is 0 Å². The summed E-state index contributed by atoms with van der Waals surface area (Å²) in [7, 11) is 0. The zero-order valence-corrected chi connectivity index (χ0v) is 30.7. The average molecular weight is 713 g/mol. The maximum Gasteiger partial charge on any atom is 0.0565 e. The second kappa shape index (κ2) is 13.2. The molecule has 0 fully saturated rings. The van der Waals surface area contributed by atoms with Gasteiger partial charge in [0.15, 0.2) is 0 Å². The molecule has 0 radical (unpaired) electrons. The number of nitrogens with one attached hydrogen (secondary N) is 1. The van der Waals surface area contributed by atoms with Gasteiger partial charge in [-0.25, -0.2) is 0 Å². The topological polar surface area (TPSA) is 17.0 Å². The van der Waals surface area contributed by atoms with E-state index < -0.39 is 0 Å². The molecule has 0 aliphatic heterocycles. The molecule has 0 bridgehead atoms. The number of aromatic nitrogens is 1. The van der Waals surface area contributed by atoms with Gasteiger partial charge in [-0.05, 0) is 103 Å². The molecule has 262 valence electrons. The normalized spacial score (nSPS) is 11.6. The Balaban J connectivity index is 1.06.